The Morgan fingerprint density at radius 2 is 0.909 bits per heavy atom. The van der Waals surface area contributed by atoms with E-state index in [9.17, 15) is 79.4 Å². The van der Waals surface area contributed by atoms with Crippen LogP contribution in [0.1, 0.15) is 13.8 Å². The highest BCUT2D eigenvalue weighted by Gasteiger charge is 2.95. The third-order valence-electron chi connectivity index (χ3n) is 3.84. The van der Waals surface area contributed by atoms with Crippen LogP contribution in [0.3, 0.4) is 0 Å². The summed E-state index contributed by atoms with van der Waals surface area (Å²) in [5.74, 6) is -60.2. The van der Waals surface area contributed by atoms with Gasteiger partial charge < -0.3 is 4.74 Å². The molecule has 0 aromatic carbocycles. The fraction of sp³-hybridized carbons (Fsp3) is 0.786. The molecule has 0 rings (SSSR count). The standard InChI is InChI=1S/C14H9F17O2/c1-3-5(6(32)33-4-2)7(15,16)8(17,18)9(19,20)10(21,22)11(23,24)12(25,26)13(27,28)14(29,30)31/h3H,4H2,1-2H3. The molecule has 0 aliphatic heterocycles. The molecular weight excluding hydrogens is 523 g/mol. The molecule has 0 saturated heterocycles. The summed E-state index contributed by atoms with van der Waals surface area (Å²) in [5.41, 5.74) is -2.89. The molecule has 0 heterocycles. The molecule has 196 valence electrons. The van der Waals surface area contributed by atoms with Crippen molar-refractivity contribution >= 4 is 5.97 Å². The van der Waals surface area contributed by atoms with Crippen LogP contribution >= 0.6 is 0 Å². The molecule has 0 N–H and O–H groups in total. The summed E-state index contributed by atoms with van der Waals surface area (Å²) in [6, 6.07) is 0. The van der Waals surface area contributed by atoms with Crippen LogP contribution in [0.2, 0.25) is 0 Å². The zero-order valence-corrected chi connectivity index (χ0v) is 15.5. The molecule has 0 aromatic heterocycles. The van der Waals surface area contributed by atoms with E-state index in [1.54, 1.807) is 0 Å². The van der Waals surface area contributed by atoms with Gasteiger partial charge in [-0.25, -0.2) is 4.79 Å². The number of ether oxygens (including phenoxy) is 1. The first-order chi connectivity index (χ1) is 14.2. The minimum absolute atomic E-state index is 0.221. The zero-order valence-electron chi connectivity index (χ0n) is 15.5. The molecule has 0 aliphatic carbocycles. The van der Waals surface area contributed by atoms with E-state index in [2.05, 4.69) is 4.74 Å². The second-order valence-electron chi connectivity index (χ2n) is 5.94. The SMILES string of the molecule is CC=C(C(=O)OCC)C(F)(F)C(F)(F)C(F)(F)C(F)(F)C(F)(F)C(F)(F)C(F)(F)C(F)(F)F. The highest BCUT2D eigenvalue weighted by molar-refractivity contribution is 5.90. The summed E-state index contributed by atoms with van der Waals surface area (Å²) in [5, 5.41) is 0. The van der Waals surface area contributed by atoms with Crippen molar-refractivity contribution in [3.05, 3.63) is 11.6 Å². The smallest absolute Gasteiger partial charge is 0.460 e. The summed E-state index contributed by atoms with van der Waals surface area (Å²) < 4.78 is 227. The molecule has 0 bridgehead atoms. The Morgan fingerprint density at radius 1 is 0.606 bits per heavy atom. The van der Waals surface area contributed by atoms with Crippen LogP contribution in [0, 0.1) is 0 Å². The largest absolute Gasteiger partial charge is 0.462 e. The third-order valence-corrected chi connectivity index (χ3v) is 3.84. The van der Waals surface area contributed by atoms with Crippen LogP contribution in [0.25, 0.3) is 0 Å². The number of rotatable bonds is 9. The van der Waals surface area contributed by atoms with Gasteiger partial charge in [0.2, 0.25) is 0 Å². The van der Waals surface area contributed by atoms with Crippen LogP contribution in [0.5, 0.6) is 0 Å². The lowest BCUT2D eigenvalue weighted by molar-refractivity contribution is -0.460. The van der Waals surface area contributed by atoms with Crippen molar-refractivity contribution in [1.29, 1.82) is 0 Å². The van der Waals surface area contributed by atoms with Gasteiger partial charge in [0.15, 0.2) is 0 Å². The molecule has 0 fully saturated rings. The van der Waals surface area contributed by atoms with Crippen molar-refractivity contribution < 1.29 is 84.2 Å². The molecule has 0 aliphatic rings. The minimum atomic E-state index is -8.72. The van der Waals surface area contributed by atoms with E-state index in [1.165, 1.54) is 0 Å². The van der Waals surface area contributed by atoms with Crippen LogP contribution in [-0.2, 0) is 9.53 Å². The Balaban J connectivity index is 6.92. The van der Waals surface area contributed by atoms with Gasteiger partial charge in [0.05, 0.1) is 6.61 Å². The molecule has 0 spiro atoms. The second kappa shape index (κ2) is 8.35. The lowest BCUT2D eigenvalue weighted by Crippen LogP contribution is -2.74. The fourth-order valence-corrected chi connectivity index (χ4v) is 1.97. The van der Waals surface area contributed by atoms with Gasteiger partial charge >= 0.3 is 53.6 Å². The van der Waals surface area contributed by atoms with Gasteiger partial charge in [-0.05, 0) is 13.8 Å². The molecule has 2 nitrogen and oxygen atoms in total. The lowest BCUT2D eigenvalue weighted by Gasteiger charge is -2.42. The molecule has 19 heteroatoms. The quantitative estimate of drug-likeness (QED) is 0.193. The van der Waals surface area contributed by atoms with Gasteiger partial charge in [-0.3, -0.25) is 0 Å². The molecule has 0 unspecified atom stereocenters. The van der Waals surface area contributed by atoms with Crippen molar-refractivity contribution in [3.63, 3.8) is 0 Å². The van der Waals surface area contributed by atoms with Crippen molar-refractivity contribution in [1.82, 2.24) is 0 Å². The molecule has 0 aromatic rings. The molecular formula is C14H9F17O2. The molecule has 0 radical (unpaired) electrons. The number of carbonyl (C=O) groups excluding carboxylic acids is 1. The number of carbonyl (C=O) groups is 1. The Morgan fingerprint density at radius 3 is 1.18 bits per heavy atom. The highest BCUT2D eigenvalue weighted by atomic mass is 19.4. The summed E-state index contributed by atoms with van der Waals surface area (Å²) in [4.78, 5) is 11.2. The van der Waals surface area contributed by atoms with E-state index in [1.807, 2.05) is 0 Å². The first kappa shape index (κ1) is 31.0. The first-order valence-corrected chi connectivity index (χ1v) is 7.73. The van der Waals surface area contributed by atoms with Gasteiger partial charge in [0.1, 0.15) is 5.57 Å². The van der Waals surface area contributed by atoms with E-state index in [4.69, 9.17) is 0 Å². The number of allylic oxidation sites excluding steroid dienone is 1. The van der Waals surface area contributed by atoms with Crippen LogP contribution in [-0.4, -0.2) is 60.2 Å². The predicted octanol–water partition coefficient (Wildman–Crippen LogP) is 6.51. The Bertz CT molecular complexity index is 762. The average molecular weight is 532 g/mol. The first-order valence-electron chi connectivity index (χ1n) is 7.73. The maximum Gasteiger partial charge on any atom is 0.460 e. The van der Waals surface area contributed by atoms with Crippen molar-refractivity contribution in [2.24, 2.45) is 0 Å². The molecule has 33 heavy (non-hydrogen) atoms. The maximum absolute atomic E-state index is 13.9. The van der Waals surface area contributed by atoms with Crippen LogP contribution < -0.4 is 0 Å². The van der Waals surface area contributed by atoms with Crippen LogP contribution in [0.15, 0.2) is 11.6 Å². The summed E-state index contributed by atoms with van der Waals surface area (Å²) in [6.07, 6.45) is -8.27. The minimum Gasteiger partial charge on any atom is -0.462 e. The van der Waals surface area contributed by atoms with Gasteiger partial charge in [-0.15, -0.1) is 0 Å². The van der Waals surface area contributed by atoms with E-state index in [0.717, 1.165) is 6.92 Å². The van der Waals surface area contributed by atoms with Gasteiger partial charge in [0, 0.05) is 0 Å². The Labute approximate surface area is 171 Å². The van der Waals surface area contributed by atoms with Gasteiger partial charge in [-0.2, -0.15) is 74.6 Å². The van der Waals surface area contributed by atoms with Gasteiger partial charge in [-0.1, -0.05) is 6.08 Å². The van der Waals surface area contributed by atoms with E-state index < -0.39 is 71.9 Å². The number of esters is 1. The van der Waals surface area contributed by atoms with Crippen molar-refractivity contribution in [2.45, 2.75) is 61.5 Å². The fourth-order valence-electron chi connectivity index (χ4n) is 1.97. The molecule has 0 saturated carbocycles. The number of hydrogen-bond donors (Lipinski definition) is 0. The highest BCUT2D eigenvalue weighted by Crippen LogP contribution is 2.64. The Hall–Kier alpha value is -1.98. The molecule has 0 amide bonds. The third kappa shape index (κ3) is 4.08. The van der Waals surface area contributed by atoms with E-state index in [0.29, 0.717) is 0 Å². The summed E-state index contributed by atoms with van der Waals surface area (Å²) in [7, 11) is 0. The normalized spacial score (nSPS) is 16.2. The predicted molar refractivity (Wildman–Crippen MR) is 71.1 cm³/mol. The maximum atomic E-state index is 13.9. The van der Waals surface area contributed by atoms with Crippen molar-refractivity contribution in [2.75, 3.05) is 6.61 Å². The topological polar surface area (TPSA) is 26.3 Å². The van der Waals surface area contributed by atoms with E-state index >= 15 is 0 Å². The monoisotopic (exact) mass is 532 g/mol. The van der Waals surface area contributed by atoms with Gasteiger partial charge in [0.25, 0.3) is 0 Å². The Kier molecular flexibility index (Phi) is 7.85. The number of alkyl halides is 17. The summed E-state index contributed by atoms with van der Waals surface area (Å²) in [6.45, 7) is 0.119. The zero-order chi connectivity index (χ0) is 27.3. The average Bonchev–Trinajstić information content (AvgIpc) is 2.60. The van der Waals surface area contributed by atoms with Crippen LogP contribution in [0.4, 0.5) is 74.6 Å². The lowest BCUT2D eigenvalue weighted by atomic mass is 9.87. The molecule has 0 atom stereocenters. The summed E-state index contributed by atoms with van der Waals surface area (Å²) >= 11 is 0. The van der Waals surface area contributed by atoms with Crippen molar-refractivity contribution in [3.8, 4) is 0 Å². The number of halogens is 17. The number of hydrogen-bond acceptors (Lipinski definition) is 2. The second-order valence-corrected chi connectivity index (χ2v) is 5.94. The van der Waals surface area contributed by atoms with E-state index in [-0.39, 0.29) is 6.92 Å².